The van der Waals surface area contributed by atoms with Gasteiger partial charge in [-0.3, -0.25) is 4.79 Å². The van der Waals surface area contributed by atoms with E-state index in [1.165, 1.54) is 0 Å². The summed E-state index contributed by atoms with van der Waals surface area (Å²) in [4.78, 5) is 12.2. The summed E-state index contributed by atoms with van der Waals surface area (Å²) in [5.41, 5.74) is 5.66. The fraction of sp³-hybridized carbons (Fsp3) is 0.471. The third-order valence-corrected chi connectivity index (χ3v) is 3.16. The lowest BCUT2D eigenvalue weighted by molar-refractivity contribution is -0.162. The van der Waals surface area contributed by atoms with E-state index in [2.05, 4.69) is 0 Å². The van der Waals surface area contributed by atoms with Gasteiger partial charge in [0.05, 0.1) is 0 Å². The van der Waals surface area contributed by atoms with Gasteiger partial charge in [-0.1, -0.05) is 49.4 Å². The lowest BCUT2D eigenvalue weighted by Crippen LogP contribution is -2.52. The molecule has 0 radical (unpaired) electrons. The summed E-state index contributed by atoms with van der Waals surface area (Å²) in [6.45, 7) is 9.15. The van der Waals surface area contributed by atoms with Crippen LogP contribution in [0.15, 0.2) is 36.4 Å². The minimum atomic E-state index is -1.04. The SMILES string of the molecule is C[C@@H](/C=C/c1ccccc1)[C@](C)(N)C(=O)OC(C)(C)C. The summed E-state index contributed by atoms with van der Waals surface area (Å²) >= 11 is 0. The Labute approximate surface area is 121 Å². The van der Waals surface area contributed by atoms with E-state index in [0.717, 1.165) is 5.56 Å². The average Bonchev–Trinajstić information content (AvgIpc) is 2.35. The Kier molecular flexibility index (Phi) is 5.12. The van der Waals surface area contributed by atoms with E-state index in [-0.39, 0.29) is 11.9 Å². The third kappa shape index (κ3) is 4.82. The minimum absolute atomic E-state index is 0.127. The molecule has 0 unspecified atom stereocenters. The monoisotopic (exact) mass is 275 g/mol. The smallest absolute Gasteiger partial charge is 0.326 e. The molecule has 1 aromatic carbocycles. The van der Waals surface area contributed by atoms with E-state index in [1.807, 2.05) is 70.2 Å². The summed E-state index contributed by atoms with van der Waals surface area (Å²) in [6, 6.07) is 9.92. The summed E-state index contributed by atoms with van der Waals surface area (Å²) in [5.74, 6) is -0.507. The number of hydrogen-bond acceptors (Lipinski definition) is 3. The van der Waals surface area contributed by atoms with Gasteiger partial charge in [0.25, 0.3) is 0 Å². The summed E-state index contributed by atoms with van der Waals surface area (Å²) in [7, 11) is 0. The summed E-state index contributed by atoms with van der Waals surface area (Å²) in [6.07, 6.45) is 3.92. The van der Waals surface area contributed by atoms with Crippen LogP contribution < -0.4 is 5.73 Å². The molecule has 0 aromatic heterocycles. The highest BCUT2D eigenvalue weighted by atomic mass is 16.6. The number of benzene rings is 1. The maximum atomic E-state index is 12.2. The Hall–Kier alpha value is -1.61. The molecular weight excluding hydrogens is 250 g/mol. The Balaban J connectivity index is 2.76. The summed E-state index contributed by atoms with van der Waals surface area (Å²) in [5, 5.41) is 0. The van der Waals surface area contributed by atoms with E-state index >= 15 is 0 Å². The largest absolute Gasteiger partial charge is 0.459 e. The second-order valence-corrected chi connectivity index (χ2v) is 6.34. The number of ether oxygens (including phenoxy) is 1. The van der Waals surface area contributed by atoms with Crippen LogP contribution in [-0.2, 0) is 9.53 Å². The number of nitrogens with two attached hydrogens (primary N) is 1. The summed E-state index contributed by atoms with van der Waals surface area (Å²) < 4.78 is 5.38. The molecule has 0 heterocycles. The molecule has 0 aliphatic carbocycles. The molecule has 0 bridgehead atoms. The quantitative estimate of drug-likeness (QED) is 0.857. The van der Waals surface area contributed by atoms with Crippen LogP contribution >= 0.6 is 0 Å². The Bertz CT molecular complexity index is 470. The molecule has 2 atom stereocenters. The van der Waals surface area contributed by atoms with Gasteiger partial charge in [0, 0.05) is 5.92 Å². The Morgan fingerprint density at radius 2 is 1.75 bits per heavy atom. The first-order chi connectivity index (χ1) is 9.13. The van der Waals surface area contributed by atoms with Gasteiger partial charge in [-0.2, -0.15) is 0 Å². The standard InChI is InChI=1S/C17H25NO2/c1-13(11-12-14-9-7-6-8-10-14)17(5,18)15(19)20-16(2,3)4/h6-13H,18H2,1-5H3/b12-11+/t13-,17-/m0/s1. The highest BCUT2D eigenvalue weighted by molar-refractivity contribution is 5.81. The molecule has 20 heavy (non-hydrogen) atoms. The van der Waals surface area contributed by atoms with Crippen LogP contribution in [0.5, 0.6) is 0 Å². The Morgan fingerprint density at radius 1 is 1.20 bits per heavy atom. The molecule has 0 aliphatic rings. The molecule has 110 valence electrons. The molecule has 0 fully saturated rings. The van der Waals surface area contributed by atoms with E-state index in [1.54, 1.807) is 6.92 Å². The number of rotatable bonds is 4. The number of esters is 1. The molecule has 3 nitrogen and oxygen atoms in total. The maximum Gasteiger partial charge on any atom is 0.326 e. The van der Waals surface area contributed by atoms with Crippen LogP contribution in [0, 0.1) is 5.92 Å². The van der Waals surface area contributed by atoms with Gasteiger partial charge in [-0.05, 0) is 33.3 Å². The van der Waals surface area contributed by atoms with Crippen molar-refractivity contribution in [1.82, 2.24) is 0 Å². The van der Waals surface area contributed by atoms with Gasteiger partial charge in [-0.25, -0.2) is 0 Å². The van der Waals surface area contributed by atoms with Crippen molar-refractivity contribution in [2.45, 2.75) is 45.8 Å². The second kappa shape index (κ2) is 6.23. The van der Waals surface area contributed by atoms with Crippen molar-refractivity contribution in [2.75, 3.05) is 0 Å². The lowest BCUT2D eigenvalue weighted by atomic mass is 9.87. The van der Waals surface area contributed by atoms with Crippen molar-refractivity contribution < 1.29 is 9.53 Å². The zero-order valence-electron chi connectivity index (χ0n) is 13.0. The first-order valence-corrected chi connectivity index (χ1v) is 6.88. The molecule has 3 heteroatoms. The van der Waals surface area contributed by atoms with Crippen LogP contribution in [0.2, 0.25) is 0 Å². The van der Waals surface area contributed by atoms with Crippen molar-refractivity contribution >= 4 is 12.0 Å². The van der Waals surface area contributed by atoms with Crippen molar-refractivity contribution in [2.24, 2.45) is 11.7 Å². The zero-order valence-corrected chi connectivity index (χ0v) is 13.0. The van der Waals surface area contributed by atoms with Crippen molar-refractivity contribution in [3.8, 4) is 0 Å². The van der Waals surface area contributed by atoms with Crippen LogP contribution in [0.25, 0.3) is 6.08 Å². The van der Waals surface area contributed by atoms with Crippen molar-refractivity contribution in [1.29, 1.82) is 0 Å². The predicted molar refractivity (Wildman–Crippen MR) is 83.1 cm³/mol. The van der Waals surface area contributed by atoms with Gasteiger partial charge in [0.1, 0.15) is 11.1 Å². The molecule has 0 saturated carbocycles. The van der Waals surface area contributed by atoms with Crippen LogP contribution in [0.3, 0.4) is 0 Å². The van der Waals surface area contributed by atoms with E-state index < -0.39 is 11.1 Å². The van der Waals surface area contributed by atoms with Crippen LogP contribution in [0.1, 0.15) is 40.2 Å². The lowest BCUT2D eigenvalue weighted by Gasteiger charge is -2.31. The molecule has 0 aliphatic heterocycles. The molecule has 1 aromatic rings. The van der Waals surface area contributed by atoms with E-state index in [0.29, 0.717) is 0 Å². The molecule has 1 rings (SSSR count). The topological polar surface area (TPSA) is 52.3 Å². The maximum absolute atomic E-state index is 12.2. The number of hydrogen-bond donors (Lipinski definition) is 1. The molecule has 0 amide bonds. The average molecular weight is 275 g/mol. The second-order valence-electron chi connectivity index (χ2n) is 6.34. The van der Waals surface area contributed by atoms with E-state index in [9.17, 15) is 4.79 Å². The van der Waals surface area contributed by atoms with Gasteiger partial charge in [-0.15, -0.1) is 0 Å². The Morgan fingerprint density at radius 3 is 2.25 bits per heavy atom. The molecule has 2 N–H and O–H groups in total. The highest BCUT2D eigenvalue weighted by Gasteiger charge is 2.37. The predicted octanol–water partition coefficient (Wildman–Crippen LogP) is 3.40. The highest BCUT2D eigenvalue weighted by Crippen LogP contribution is 2.21. The molecule has 0 saturated heterocycles. The van der Waals surface area contributed by atoms with Gasteiger partial charge in [0.2, 0.25) is 0 Å². The zero-order chi connectivity index (χ0) is 15.4. The number of carbonyl (C=O) groups excluding carboxylic acids is 1. The third-order valence-electron chi connectivity index (χ3n) is 3.16. The van der Waals surface area contributed by atoms with Gasteiger partial charge in [0.15, 0.2) is 0 Å². The fourth-order valence-electron chi connectivity index (χ4n) is 1.59. The number of carbonyl (C=O) groups is 1. The molecular formula is C17H25NO2. The van der Waals surface area contributed by atoms with Crippen molar-refractivity contribution in [3.63, 3.8) is 0 Å². The first kappa shape index (κ1) is 16.4. The van der Waals surface area contributed by atoms with Crippen LogP contribution in [-0.4, -0.2) is 17.1 Å². The van der Waals surface area contributed by atoms with Crippen molar-refractivity contribution in [3.05, 3.63) is 42.0 Å². The normalized spacial score (nSPS) is 16.7. The van der Waals surface area contributed by atoms with E-state index in [4.69, 9.17) is 10.5 Å². The first-order valence-electron chi connectivity index (χ1n) is 6.88. The minimum Gasteiger partial charge on any atom is -0.459 e. The fourth-order valence-corrected chi connectivity index (χ4v) is 1.59. The van der Waals surface area contributed by atoms with Crippen LogP contribution in [0.4, 0.5) is 0 Å². The molecule has 0 spiro atoms. The van der Waals surface area contributed by atoms with Gasteiger partial charge >= 0.3 is 5.97 Å². The van der Waals surface area contributed by atoms with Gasteiger partial charge < -0.3 is 10.5 Å².